The Kier molecular flexibility index (Phi) is 8.03. The Hall–Kier alpha value is -2.12. The van der Waals surface area contributed by atoms with Gasteiger partial charge in [-0.05, 0) is 6.92 Å². The van der Waals surface area contributed by atoms with Gasteiger partial charge in [-0.3, -0.25) is 19.2 Å². The fraction of sp³-hybridized carbons (Fsp3) is 0.692. The SMILES string of the molecule is CCNC(=O)CNC(=O)CNC(=O)CNC(=O)C(C)(C)C. The van der Waals surface area contributed by atoms with Crippen molar-refractivity contribution in [3.8, 4) is 0 Å². The lowest BCUT2D eigenvalue weighted by Gasteiger charge is -2.17. The first-order valence-electron chi connectivity index (χ1n) is 6.75. The van der Waals surface area contributed by atoms with Gasteiger partial charge in [-0.25, -0.2) is 0 Å². The maximum absolute atomic E-state index is 11.5. The van der Waals surface area contributed by atoms with Gasteiger partial charge in [0.05, 0.1) is 19.6 Å². The van der Waals surface area contributed by atoms with Crippen LogP contribution in [0.2, 0.25) is 0 Å². The van der Waals surface area contributed by atoms with E-state index in [1.54, 1.807) is 27.7 Å². The third kappa shape index (κ3) is 9.42. The molecule has 0 unspecified atom stereocenters. The molecule has 21 heavy (non-hydrogen) atoms. The summed E-state index contributed by atoms with van der Waals surface area (Å²) in [6.45, 7) is 6.87. The van der Waals surface area contributed by atoms with E-state index in [0.29, 0.717) is 6.54 Å². The maximum Gasteiger partial charge on any atom is 0.239 e. The minimum absolute atomic E-state index is 0.136. The molecule has 0 fully saturated rings. The number of likely N-dealkylation sites (N-methyl/N-ethyl adjacent to an activating group) is 1. The standard InChI is InChI=1S/C13H24N4O4/c1-5-14-9(18)6-15-10(19)7-16-11(20)8-17-12(21)13(2,3)4/h5-8H2,1-4H3,(H,14,18)(H,15,19)(H,16,20)(H,17,21). The van der Waals surface area contributed by atoms with Crippen LogP contribution in [0.25, 0.3) is 0 Å². The van der Waals surface area contributed by atoms with Crippen LogP contribution in [0.5, 0.6) is 0 Å². The Morgan fingerprint density at radius 1 is 0.714 bits per heavy atom. The molecule has 0 spiro atoms. The lowest BCUT2D eigenvalue weighted by molar-refractivity contribution is -0.131. The zero-order chi connectivity index (χ0) is 16.5. The lowest BCUT2D eigenvalue weighted by Crippen LogP contribution is -2.45. The summed E-state index contributed by atoms with van der Waals surface area (Å²) in [6.07, 6.45) is 0. The van der Waals surface area contributed by atoms with Crippen LogP contribution < -0.4 is 21.3 Å². The van der Waals surface area contributed by atoms with Gasteiger partial charge in [0.1, 0.15) is 0 Å². The second-order valence-electron chi connectivity index (χ2n) is 5.44. The molecule has 0 aromatic carbocycles. The number of hydrogen-bond acceptors (Lipinski definition) is 4. The van der Waals surface area contributed by atoms with Gasteiger partial charge < -0.3 is 21.3 Å². The van der Waals surface area contributed by atoms with Crippen molar-refractivity contribution in [2.24, 2.45) is 5.41 Å². The Morgan fingerprint density at radius 3 is 1.48 bits per heavy atom. The molecule has 0 radical (unpaired) electrons. The average Bonchev–Trinajstić information content (AvgIpc) is 2.39. The molecular weight excluding hydrogens is 276 g/mol. The number of nitrogens with one attached hydrogen (secondary N) is 4. The van der Waals surface area contributed by atoms with E-state index >= 15 is 0 Å². The Bertz CT molecular complexity index is 401. The normalized spacial score (nSPS) is 10.5. The van der Waals surface area contributed by atoms with Crippen LogP contribution in [-0.2, 0) is 19.2 Å². The minimum atomic E-state index is -0.579. The zero-order valence-corrected chi connectivity index (χ0v) is 13.0. The molecular formula is C13H24N4O4. The number of rotatable bonds is 7. The lowest BCUT2D eigenvalue weighted by atomic mass is 9.96. The summed E-state index contributed by atoms with van der Waals surface area (Å²) < 4.78 is 0. The van der Waals surface area contributed by atoms with Gasteiger partial charge in [0, 0.05) is 12.0 Å². The van der Waals surface area contributed by atoms with Gasteiger partial charge in [0.2, 0.25) is 23.6 Å². The van der Waals surface area contributed by atoms with Gasteiger partial charge in [0.25, 0.3) is 0 Å². The Balaban J connectivity index is 3.85. The Labute approximate surface area is 124 Å². The van der Waals surface area contributed by atoms with E-state index in [1.807, 2.05) is 0 Å². The van der Waals surface area contributed by atoms with Crippen molar-refractivity contribution in [2.45, 2.75) is 27.7 Å². The summed E-state index contributed by atoms with van der Waals surface area (Å²) in [5.41, 5.74) is -0.579. The molecule has 0 saturated carbocycles. The molecule has 120 valence electrons. The molecule has 0 aliphatic rings. The van der Waals surface area contributed by atoms with Crippen LogP contribution >= 0.6 is 0 Å². The number of amides is 4. The summed E-state index contributed by atoms with van der Waals surface area (Å²) in [5.74, 6) is -1.49. The molecule has 8 heteroatoms. The molecule has 0 aromatic rings. The van der Waals surface area contributed by atoms with Crippen LogP contribution in [0.3, 0.4) is 0 Å². The molecule has 0 saturated heterocycles. The highest BCUT2D eigenvalue weighted by atomic mass is 16.2. The molecule has 0 bridgehead atoms. The fourth-order valence-corrected chi connectivity index (χ4v) is 1.17. The van der Waals surface area contributed by atoms with Gasteiger partial charge in [0.15, 0.2) is 0 Å². The summed E-state index contributed by atoms with van der Waals surface area (Å²) in [4.78, 5) is 45.4. The predicted octanol–water partition coefficient (Wildman–Crippen LogP) is -1.48. The van der Waals surface area contributed by atoms with Gasteiger partial charge >= 0.3 is 0 Å². The monoisotopic (exact) mass is 300 g/mol. The number of hydrogen-bond donors (Lipinski definition) is 4. The van der Waals surface area contributed by atoms with E-state index in [-0.39, 0.29) is 31.4 Å². The molecule has 0 rings (SSSR count). The van der Waals surface area contributed by atoms with E-state index < -0.39 is 17.2 Å². The quantitative estimate of drug-likeness (QED) is 0.458. The van der Waals surface area contributed by atoms with Crippen LogP contribution in [0, 0.1) is 5.41 Å². The largest absolute Gasteiger partial charge is 0.355 e. The van der Waals surface area contributed by atoms with E-state index in [1.165, 1.54) is 0 Å². The van der Waals surface area contributed by atoms with Gasteiger partial charge in [-0.1, -0.05) is 20.8 Å². The number of carbonyl (C=O) groups is 4. The van der Waals surface area contributed by atoms with E-state index in [9.17, 15) is 19.2 Å². The van der Waals surface area contributed by atoms with Crippen molar-refractivity contribution >= 4 is 23.6 Å². The van der Waals surface area contributed by atoms with E-state index in [0.717, 1.165) is 0 Å². The zero-order valence-electron chi connectivity index (χ0n) is 13.0. The topological polar surface area (TPSA) is 116 Å². The first-order chi connectivity index (χ1) is 9.66. The van der Waals surface area contributed by atoms with Crippen molar-refractivity contribution in [2.75, 3.05) is 26.2 Å². The third-order valence-electron chi connectivity index (χ3n) is 2.36. The summed E-state index contributed by atoms with van der Waals surface area (Å²) >= 11 is 0. The van der Waals surface area contributed by atoms with Crippen molar-refractivity contribution in [3.63, 3.8) is 0 Å². The number of carbonyl (C=O) groups excluding carboxylic acids is 4. The Morgan fingerprint density at radius 2 is 1.10 bits per heavy atom. The first kappa shape index (κ1) is 18.9. The molecule has 0 atom stereocenters. The summed E-state index contributed by atoms with van der Waals surface area (Å²) in [6, 6.07) is 0. The van der Waals surface area contributed by atoms with Gasteiger partial charge in [-0.15, -0.1) is 0 Å². The van der Waals surface area contributed by atoms with Gasteiger partial charge in [-0.2, -0.15) is 0 Å². The highest BCUT2D eigenvalue weighted by Crippen LogP contribution is 2.11. The molecule has 0 heterocycles. The minimum Gasteiger partial charge on any atom is -0.355 e. The molecule has 0 aliphatic heterocycles. The second-order valence-corrected chi connectivity index (χ2v) is 5.44. The predicted molar refractivity (Wildman–Crippen MR) is 77.2 cm³/mol. The van der Waals surface area contributed by atoms with Crippen molar-refractivity contribution in [1.29, 1.82) is 0 Å². The fourth-order valence-electron chi connectivity index (χ4n) is 1.17. The maximum atomic E-state index is 11.5. The third-order valence-corrected chi connectivity index (χ3v) is 2.36. The van der Waals surface area contributed by atoms with Crippen LogP contribution in [-0.4, -0.2) is 49.8 Å². The highest BCUT2D eigenvalue weighted by molar-refractivity contribution is 5.90. The smallest absolute Gasteiger partial charge is 0.239 e. The first-order valence-corrected chi connectivity index (χ1v) is 6.75. The van der Waals surface area contributed by atoms with E-state index in [2.05, 4.69) is 21.3 Å². The van der Waals surface area contributed by atoms with Crippen LogP contribution in [0.15, 0.2) is 0 Å². The van der Waals surface area contributed by atoms with Crippen LogP contribution in [0.1, 0.15) is 27.7 Å². The second kappa shape index (κ2) is 8.93. The molecule has 0 aromatic heterocycles. The molecule has 4 N–H and O–H groups in total. The van der Waals surface area contributed by atoms with Crippen LogP contribution in [0.4, 0.5) is 0 Å². The van der Waals surface area contributed by atoms with Crippen molar-refractivity contribution < 1.29 is 19.2 Å². The van der Waals surface area contributed by atoms with E-state index in [4.69, 9.17) is 0 Å². The highest BCUT2D eigenvalue weighted by Gasteiger charge is 2.21. The van der Waals surface area contributed by atoms with Crippen molar-refractivity contribution in [1.82, 2.24) is 21.3 Å². The average molecular weight is 300 g/mol. The van der Waals surface area contributed by atoms with Crippen molar-refractivity contribution in [3.05, 3.63) is 0 Å². The summed E-state index contributed by atoms with van der Waals surface area (Å²) in [5, 5.41) is 9.70. The summed E-state index contributed by atoms with van der Waals surface area (Å²) in [7, 11) is 0. The molecule has 8 nitrogen and oxygen atoms in total. The molecule has 0 aliphatic carbocycles. The molecule has 4 amide bonds.